The molecule has 0 radical (unpaired) electrons. The molecule has 2 aromatic rings. The average Bonchev–Trinajstić information content (AvgIpc) is 2.86. The van der Waals surface area contributed by atoms with Gasteiger partial charge in [0.2, 0.25) is 0 Å². The lowest BCUT2D eigenvalue weighted by Gasteiger charge is -2.20. The van der Waals surface area contributed by atoms with Gasteiger partial charge in [-0.2, -0.15) is 0 Å². The normalized spacial score (nSPS) is 13.9. The summed E-state index contributed by atoms with van der Waals surface area (Å²) in [6.07, 6.45) is 1.02. The molecule has 1 aromatic heterocycles. The van der Waals surface area contributed by atoms with Crippen LogP contribution in [0, 0.1) is 0 Å². The number of halogens is 1. The van der Waals surface area contributed by atoms with Gasteiger partial charge in [-0.25, -0.2) is 0 Å². The topological polar surface area (TPSA) is 41.1 Å². The Balaban J connectivity index is 1.85. The molecule has 1 aromatic carbocycles. The fourth-order valence-corrected chi connectivity index (χ4v) is 3.53. The van der Waals surface area contributed by atoms with Gasteiger partial charge in [-0.1, -0.05) is 12.1 Å². The molecule has 5 heteroatoms. The third-order valence-electron chi connectivity index (χ3n) is 3.19. The lowest BCUT2D eigenvalue weighted by Crippen LogP contribution is -2.25. The predicted octanol–water partition coefficient (Wildman–Crippen LogP) is 3.41. The Morgan fingerprint density at radius 1 is 1.32 bits per heavy atom. The maximum atomic E-state index is 12.2. The lowest BCUT2D eigenvalue weighted by molar-refractivity contribution is 0.103. The van der Waals surface area contributed by atoms with Crippen molar-refractivity contribution in [1.29, 1.82) is 0 Å². The van der Waals surface area contributed by atoms with E-state index in [0.29, 0.717) is 4.88 Å². The summed E-state index contributed by atoms with van der Waals surface area (Å²) in [5.74, 6) is -0.0466. The molecule has 0 saturated heterocycles. The minimum Gasteiger partial charge on any atom is -0.321 e. The van der Waals surface area contributed by atoms with Crippen LogP contribution in [0.15, 0.2) is 34.1 Å². The van der Waals surface area contributed by atoms with Crippen molar-refractivity contribution in [2.24, 2.45) is 0 Å². The van der Waals surface area contributed by atoms with Crippen LogP contribution in [0.5, 0.6) is 0 Å². The zero-order chi connectivity index (χ0) is 13.2. The molecule has 2 heterocycles. The number of anilines is 1. The smallest absolute Gasteiger partial charge is 0.265 e. The number of nitrogens with one attached hydrogen (secondary N) is 2. The van der Waals surface area contributed by atoms with Crippen LogP contribution in [-0.4, -0.2) is 12.5 Å². The van der Waals surface area contributed by atoms with Crippen LogP contribution in [0.25, 0.3) is 0 Å². The number of hydrogen-bond donors (Lipinski definition) is 2. The van der Waals surface area contributed by atoms with E-state index in [1.807, 2.05) is 24.3 Å². The summed E-state index contributed by atoms with van der Waals surface area (Å²) in [6, 6.07) is 9.82. The summed E-state index contributed by atoms with van der Waals surface area (Å²) in [7, 11) is 0. The highest BCUT2D eigenvalue weighted by Gasteiger charge is 2.15. The van der Waals surface area contributed by atoms with Crippen LogP contribution in [0.3, 0.4) is 0 Å². The van der Waals surface area contributed by atoms with Gasteiger partial charge in [0.25, 0.3) is 5.91 Å². The van der Waals surface area contributed by atoms with E-state index >= 15 is 0 Å². The minimum absolute atomic E-state index is 0.0466. The van der Waals surface area contributed by atoms with Gasteiger partial charge in [-0.05, 0) is 58.2 Å². The highest BCUT2D eigenvalue weighted by molar-refractivity contribution is 9.11. The molecule has 0 atom stereocenters. The second-order valence-corrected chi connectivity index (χ2v) is 6.89. The average molecular weight is 337 g/mol. The Labute approximate surface area is 124 Å². The second-order valence-electron chi connectivity index (χ2n) is 4.43. The molecule has 0 spiro atoms. The molecule has 1 aliphatic heterocycles. The van der Waals surface area contributed by atoms with Crippen molar-refractivity contribution in [3.63, 3.8) is 0 Å². The van der Waals surface area contributed by atoms with E-state index in [0.717, 1.165) is 29.0 Å². The van der Waals surface area contributed by atoms with Crippen molar-refractivity contribution in [3.8, 4) is 0 Å². The molecule has 3 nitrogen and oxygen atoms in total. The van der Waals surface area contributed by atoms with Crippen molar-refractivity contribution in [2.45, 2.75) is 13.0 Å². The maximum Gasteiger partial charge on any atom is 0.265 e. The van der Waals surface area contributed by atoms with E-state index < -0.39 is 0 Å². The summed E-state index contributed by atoms with van der Waals surface area (Å²) < 4.78 is 0.967. The van der Waals surface area contributed by atoms with Crippen LogP contribution in [0.1, 0.15) is 20.8 Å². The van der Waals surface area contributed by atoms with Crippen molar-refractivity contribution in [2.75, 3.05) is 11.9 Å². The summed E-state index contributed by atoms with van der Waals surface area (Å²) in [5.41, 5.74) is 3.45. The van der Waals surface area contributed by atoms with Crippen LogP contribution < -0.4 is 10.6 Å². The predicted molar refractivity (Wildman–Crippen MR) is 81.8 cm³/mol. The fraction of sp³-hybridized carbons (Fsp3) is 0.214. The van der Waals surface area contributed by atoms with Crippen LogP contribution in [0.4, 0.5) is 5.69 Å². The van der Waals surface area contributed by atoms with E-state index in [9.17, 15) is 4.79 Å². The first-order valence-corrected chi connectivity index (χ1v) is 7.73. The first-order valence-electron chi connectivity index (χ1n) is 6.12. The second kappa shape index (κ2) is 5.45. The molecule has 19 heavy (non-hydrogen) atoms. The Morgan fingerprint density at radius 2 is 2.21 bits per heavy atom. The Bertz CT molecular complexity index is 624. The number of amides is 1. The molecule has 3 rings (SSSR count). The van der Waals surface area contributed by atoms with E-state index in [-0.39, 0.29) is 5.91 Å². The molecule has 0 fully saturated rings. The van der Waals surface area contributed by atoms with E-state index in [1.54, 1.807) is 0 Å². The SMILES string of the molecule is O=C(Nc1cccc2c1CNCC2)c1ccc(Br)s1. The number of thiophene rings is 1. The van der Waals surface area contributed by atoms with Gasteiger partial charge in [0.15, 0.2) is 0 Å². The molecule has 1 amide bonds. The third kappa shape index (κ3) is 2.73. The highest BCUT2D eigenvalue weighted by atomic mass is 79.9. The fourth-order valence-electron chi connectivity index (χ4n) is 2.25. The van der Waals surface area contributed by atoms with Gasteiger partial charge < -0.3 is 10.6 Å². The first-order chi connectivity index (χ1) is 9.24. The van der Waals surface area contributed by atoms with Crippen molar-refractivity contribution in [3.05, 3.63) is 50.1 Å². The summed E-state index contributed by atoms with van der Waals surface area (Å²) in [6.45, 7) is 1.82. The summed E-state index contributed by atoms with van der Waals surface area (Å²) >= 11 is 4.82. The molecule has 0 saturated carbocycles. The minimum atomic E-state index is -0.0466. The van der Waals surface area contributed by atoms with Crippen LogP contribution >= 0.6 is 27.3 Å². The summed E-state index contributed by atoms with van der Waals surface area (Å²) in [4.78, 5) is 12.9. The maximum absolute atomic E-state index is 12.2. The van der Waals surface area contributed by atoms with Gasteiger partial charge in [0.1, 0.15) is 0 Å². The molecule has 98 valence electrons. The van der Waals surface area contributed by atoms with Crippen LogP contribution in [-0.2, 0) is 13.0 Å². The van der Waals surface area contributed by atoms with Crippen molar-refractivity contribution < 1.29 is 4.79 Å². The van der Waals surface area contributed by atoms with Crippen LogP contribution in [0.2, 0.25) is 0 Å². The molecule has 1 aliphatic rings. The Hall–Kier alpha value is -1.17. The van der Waals surface area contributed by atoms with E-state index in [1.165, 1.54) is 22.5 Å². The highest BCUT2D eigenvalue weighted by Crippen LogP contribution is 2.26. The van der Waals surface area contributed by atoms with E-state index in [2.05, 4.69) is 32.6 Å². The number of fused-ring (bicyclic) bond motifs is 1. The Kier molecular flexibility index (Phi) is 3.68. The van der Waals surface area contributed by atoms with E-state index in [4.69, 9.17) is 0 Å². The standard InChI is InChI=1S/C14H13BrN2OS/c15-13-5-4-12(19-13)14(18)17-11-3-1-2-9-6-7-16-8-10(9)11/h1-5,16H,6-8H2,(H,17,18). The Morgan fingerprint density at radius 3 is 3.00 bits per heavy atom. The lowest BCUT2D eigenvalue weighted by atomic mass is 9.99. The number of hydrogen-bond acceptors (Lipinski definition) is 3. The third-order valence-corrected chi connectivity index (χ3v) is 4.81. The van der Waals surface area contributed by atoms with Gasteiger partial charge >= 0.3 is 0 Å². The number of carbonyl (C=O) groups is 1. The monoisotopic (exact) mass is 336 g/mol. The van der Waals surface area contributed by atoms with Gasteiger partial charge in [-0.3, -0.25) is 4.79 Å². The molecule has 0 aliphatic carbocycles. The number of benzene rings is 1. The number of rotatable bonds is 2. The largest absolute Gasteiger partial charge is 0.321 e. The zero-order valence-corrected chi connectivity index (χ0v) is 12.6. The molecular weight excluding hydrogens is 324 g/mol. The molecule has 0 bridgehead atoms. The van der Waals surface area contributed by atoms with Gasteiger partial charge in [0.05, 0.1) is 8.66 Å². The number of carbonyl (C=O) groups excluding carboxylic acids is 1. The van der Waals surface area contributed by atoms with Crippen molar-refractivity contribution in [1.82, 2.24) is 5.32 Å². The van der Waals surface area contributed by atoms with Gasteiger partial charge in [-0.15, -0.1) is 11.3 Å². The van der Waals surface area contributed by atoms with Crippen molar-refractivity contribution >= 4 is 38.9 Å². The summed E-state index contributed by atoms with van der Waals surface area (Å²) in [5, 5.41) is 6.35. The zero-order valence-electron chi connectivity index (χ0n) is 10.2. The molecular formula is C14H13BrN2OS. The molecule has 0 unspecified atom stereocenters. The quantitative estimate of drug-likeness (QED) is 0.882. The first kappa shape index (κ1) is 12.8. The molecule has 2 N–H and O–H groups in total. The van der Waals surface area contributed by atoms with Gasteiger partial charge in [0, 0.05) is 12.2 Å².